The van der Waals surface area contributed by atoms with E-state index in [0.29, 0.717) is 46.2 Å². The number of esters is 1. The summed E-state index contributed by atoms with van der Waals surface area (Å²) in [5, 5.41) is 0. The van der Waals surface area contributed by atoms with Gasteiger partial charge in [-0.2, -0.15) is 8.42 Å². The molecule has 0 aliphatic heterocycles. The van der Waals surface area contributed by atoms with Crippen LogP contribution in [0.15, 0.2) is 29.2 Å². The average Bonchev–Trinajstić information content (AvgIpc) is 2.68. The maximum Gasteiger partial charge on any atom is 0.332 e. The van der Waals surface area contributed by atoms with E-state index >= 15 is 0 Å². The lowest BCUT2D eigenvalue weighted by Gasteiger charge is -2.08. The zero-order valence-corrected chi connectivity index (χ0v) is 17.8. The van der Waals surface area contributed by atoms with Gasteiger partial charge in [0.1, 0.15) is 6.61 Å². The molecule has 9 nitrogen and oxygen atoms in total. The molecule has 0 aliphatic carbocycles. The Kier molecular flexibility index (Phi) is 13.4. The number of benzene rings is 1. The third kappa shape index (κ3) is 12.6. The van der Waals surface area contributed by atoms with E-state index in [1.54, 1.807) is 19.1 Å². The number of rotatable bonds is 17. The molecule has 0 N–H and O–H groups in total. The van der Waals surface area contributed by atoms with Crippen molar-refractivity contribution in [1.82, 2.24) is 0 Å². The summed E-state index contributed by atoms with van der Waals surface area (Å²) < 4.78 is 54.5. The Morgan fingerprint density at radius 2 is 1.28 bits per heavy atom. The van der Waals surface area contributed by atoms with E-state index in [1.807, 2.05) is 6.92 Å². The van der Waals surface area contributed by atoms with Gasteiger partial charge >= 0.3 is 5.97 Å². The first-order valence-corrected chi connectivity index (χ1v) is 10.8. The van der Waals surface area contributed by atoms with Crippen molar-refractivity contribution in [3.8, 4) is 0 Å². The highest BCUT2D eigenvalue weighted by atomic mass is 32.2. The van der Waals surface area contributed by atoms with Crippen LogP contribution in [0.2, 0.25) is 0 Å². The van der Waals surface area contributed by atoms with Crippen molar-refractivity contribution in [1.29, 1.82) is 0 Å². The topological polar surface area (TPSA) is 107 Å². The van der Waals surface area contributed by atoms with Crippen molar-refractivity contribution >= 4 is 16.1 Å². The van der Waals surface area contributed by atoms with Gasteiger partial charge in [-0.15, -0.1) is 0 Å². The zero-order chi connectivity index (χ0) is 21.4. The number of hydrogen-bond donors (Lipinski definition) is 0. The molecular weight excluding hydrogens is 404 g/mol. The molecule has 0 heterocycles. The molecule has 0 atom stereocenters. The van der Waals surface area contributed by atoms with Crippen LogP contribution in [0.3, 0.4) is 0 Å². The second-order valence-corrected chi connectivity index (χ2v) is 7.40. The van der Waals surface area contributed by atoms with E-state index < -0.39 is 16.1 Å². The lowest BCUT2D eigenvalue weighted by Crippen LogP contribution is -2.16. The fourth-order valence-corrected chi connectivity index (χ4v) is 2.89. The van der Waals surface area contributed by atoms with Crippen molar-refractivity contribution in [2.24, 2.45) is 0 Å². The second kappa shape index (κ2) is 15.3. The normalized spacial score (nSPS) is 11.5. The van der Waals surface area contributed by atoms with E-state index in [1.165, 1.54) is 12.1 Å². The van der Waals surface area contributed by atoms with Crippen LogP contribution >= 0.6 is 0 Å². The van der Waals surface area contributed by atoms with Gasteiger partial charge in [0, 0.05) is 0 Å². The Bertz CT molecular complexity index is 659. The summed E-state index contributed by atoms with van der Waals surface area (Å²) in [6.07, 6.45) is 0. The molecule has 0 bridgehead atoms. The molecule has 0 unspecified atom stereocenters. The molecule has 0 saturated heterocycles. The first-order chi connectivity index (χ1) is 14.0. The van der Waals surface area contributed by atoms with E-state index in [0.717, 1.165) is 5.56 Å². The standard InChI is InChI=1S/C19H30O9S/c1-3-27-19(20)16-26-13-12-24-9-8-23-10-11-25-14-15-28-29(21,22)18-6-4-17(2)5-7-18/h4-7H,3,8-16H2,1-2H3. The molecule has 1 aromatic rings. The summed E-state index contributed by atoms with van der Waals surface area (Å²) in [6, 6.07) is 6.44. The fraction of sp³-hybridized carbons (Fsp3) is 0.632. The van der Waals surface area contributed by atoms with Crippen molar-refractivity contribution in [3.05, 3.63) is 29.8 Å². The van der Waals surface area contributed by atoms with Gasteiger partial charge in [-0.3, -0.25) is 4.18 Å². The number of aryl methyl sites for hydroxylation is 1. The Hall–Kier alpha value is -1.56. The largest absolute Gasteiger partial charge is 0.464 e. The monoisotopic (exact) mass is 434 g/mol. The van der Waals surface area contributed by atoms with Crippen LogP contribution in [-0.2, 0) is 42.8 Å². The van der Waals surface area contributed by atoms with Crippen LogP contribution < -0.4 is 0 Å². The maximum absolute atomic E-state index is 12.0. The molecule has 1 rings (SSSR count). The summed E-state index contributed by atoms with van der Waals surface area (Å²) >= 11 is 0. The summed E-state index contributed by atoms with van der Waals surface area (Å²) in [5.74, 6) is -0.394. The minimum Gasteiger partial charge on any atom is -0.464 e. The molecule has 10 heteroatoms. The van der Waals surface area contributed by atoms with Gasteiger partial charge in [0.25, 0.3) is 10.1 Å². The van der Waals surface area contributed by atoms with Crippen LogP contribution in [0, 0.1) is 6.92 Å². The predicted octanol–water partition coefficient (Wildman–Crippen LogP) is 1.33. The Labute approximate surface area is 172 Å². The molecule has 0 amide bonds. The number of hydrogen-bond acceptors (Lipinski definition) is 9. The minimum atomic E-state index is -3.76. The SMILES string of the molecule is CCOC(=O)COCCOCCOCCOCCOS(=O)(=O)c1ccc(C)cc1. The van der Waals surface area contributed by atoms with Crippen molar-refractivity contribution < 1.29 is 41.1 Å². The summed E-state index contributed by atoms with van der Waals surface area (Å²) in [6.45, 7) is 6.04. The first-order valence-electron chi connectivity index (χ1n) is 9.38. The molecule has 0 radical (unpaired) electrons. The van der Waals surface area contributed by atoms with Gasteiger partial charge in [0.15, 0.2) is 0 Å². The average molecular weight is 435 g/mol. The van der Waals surface area contributed by atoms with E-state index in [9.17, 15) is 13.2 Å². The van der Waals surface area contributed by atoms with E-state index in [4.69, 9.17) is 27.9 Å². The van der Waals surface area contributed by atoms with Gasteiger partial charge in [-0.25, -0.2) is 4.79 Å². The Morgan fingerprint density at radius 1 is 0.793 bits per heavy atom. The Balaban J connectivity index is 1.90. The molecule has 0 fully saturated rings. The lowest BCUT2D eigenvalue weighted by atomic mass is 10.2. The second-order valence-electron chi connectivity index (χ2n) is 5.78. The number of carbonyl (C=O) groups excluding carboxylic acids is 1. The molecule has 1 aromatic carbocycles. The molecule has 0 aromatic heterocycles. The highest BCUT2D eigenvalue weighted by Gasteiger charge is 2.14. The first kappa shape index (κ1) is 25.5. The molecule has 29 heavy (non-hydrogen) atoms. The lowest BCUT2D eigenvalue weighted by molar-refractivity contribution is -0.149. The molecule has 166 valence electrons. The third-order valence-electron chi connectivity index (χ3n) is 3.42. The highest BCUT2D eigenvalue weighted by Crippen LogP contribution is 2.12. The van der Waals surface area contributed by atoms with Crippen LogP contribution in [0.1, 0.15) is 12.5 Å². The highest BCUT2D eigenvalue weighted by molar-refractivity contribution is 7.86. The van der Waals surface area contributed by atoms with Gasteiger partial charge in [0.2, 0.25) is 0 Å². The molecular formula is C19H30O9S. The smallest absolute Gasteiger partial charge is 0.332 e. The number of carbonyl (C=O) groups is 1. The molecule has 0 aliphatic rings. The quantitative estimate of drug-likeness (QED) is 0.204. The fourth-order valence-electron chi connectivity index (χ4n) is 1.99. The van der Waals surface area contributed by atoms with Gasteiger partial charge in [-0.1, -0.05) is 17.7 Å². The summed E-state index contributed by atoms with van der Waals surface area (Å²) in [5.41, 5.74) is 0.972. The summed E-state index contributed by atoms with van der Waals surface area (Å²) in [7, 11) is -3.76. The van der Waals surface area contributed by atoms with Crippen LogP contribution in [-0.4, -0.2) is 80.5 Å². The van der Waals surface area contributed by atoms with Crippen LogP contribution in [0.4, 0.5) is 0 Å². The van der Waals surface area contributed by atoms with Crippen LogP contribution in [0.25, 0.3) is 0 Å². The van der Waals surface area contributed by atoms with Gasteiger partial charge in [-0.05, 0) is 26.0 Å². The number of ether oxygens (including phenoxy) is 5. The van der Waals surface area contributed by atoms with E-state index in [-0.39, 0.29) is 24.7 Å². The van der Waals surface area contributed by atoms with Gasteiger partial charge in [0.05, 0.1) is 64.4 Å². The van der Waals surface area contributed by atoms with Crippen molar-refractivity contribution in [3.63, 3.8) is 0 Å². The predicted molar refractivity (Wildman–Crippen MR) is 104 cm³/mol. The van der Waals surface area contributed by atoms with Crippen molar-refractivity contribution in [2.75, 3.05) is 66.1 Å². The Morgan fingerprint density at radius 3 is 1.79 bits per heavy atom. The molecule has 0 spiro atoms. The van der Waals surface area contributed by atoms with Crippen molar-refractivity contribution in [2.45, 2.75) is 18.7 Å². The third-order valence-corrected chi connectivity index (χ3v) is 4.74. The van der Waals surface area contributed by atoms with Gasteiger partial charge < -0.3 is 23.7 Å². The maximum atomic E-state index is 12.0. The van der Waals surface area contributed by atoms with E-state index in [2.05, 4.69) is 0 Å². The molecule has 0 saturated carbocycles. The summed E-state index contributed by atoms with van der Waals surface area (Å²) in [4.78, 5) is 11.1. The minimum absolute atomic E-state index is 0.0644. The zero-order valence-electron chi connectivity index (χ0n) is 17.0. The van der Waals surface area contributed by atoms with Crippen LogP contribution in [0.5, 0.6) is 0 Å².